The SMILES string of the molecule is Oc1ccn(-c2cnn3ccc(N4CCC[C@@H]4c4cc(F)ccc4F)nc23)c1. The van der Waals surface area contributed by atoms with Gasteiger partial charge in [-0.25, -0.2) is 18.3 Å². The van der Waals surface area contributed by atoms with Gasteiger partial charge in [-0.1, -0.05) is 0 Å². The lowest BCUT2D eigenvalue weighted by Gasteiger charge is -2.26. The van der Waals surface area contributed by atoms with Crippen molar-refractivity contribution in [1.29, 1.82) is 0 Å². The molecule has 1 aliphatic rings. The number of hydrogen-bond acceptors (Lipinski definition) is 4. The monoisotopic (exact) mass is 381 g/mol. The Balaban J connectivity index is 1.57. The fourth-order valence-corrected chi connectivity index (χ4v) is 3.86. The molecular formula is C20H17F2N5O. The highest BCUT2D eigenvalue weighted by Crippen LogP contribution is 2.37. The van der Waals surface area contributed by atoms with E-state index < -0.39 is 11.6 Å². The highest BCUT2D eigenvalue weighted by molar-refractivity contribution is 5.62. The van der Waals surface area contributed by atoms with Crippen molar-refractivity contribution in [3.05, 3.63) is 72.3 Å². The Bertz CT molecular complexity index is 1170. The third-order valence-corrected chi connectivity index (χ3v) is 5.16. The number of anilines is 1. The molecule has 6 nitrogen and oxygen atoms in total. The molecule has 0 radical (unpaired) electrons. The minimum Gasteiger partial charge on any atom is -0.506 e. The van der Waals surface area contributed by atoms with Crippen LogP contribution >= 0.6 is 0 Å². The maximum absolute atomic E-state index is 14.3. The normalized spacial score (nSPS) is 16.9. The Labute approximate surface area is 159 Å². The third-order valence-electron chi connectivity index (χ3n) is 5.16. The van der Waals surface area contributed by atoms with Crippen molar-refractivity contribution in [3.63, 3.8) is 0 Å². The summed E-state index contributed by atoms with van der Waals surface area (Å²) in [6.07, 6.45) is 8.35. The van der Waals surface area contributed by atoms with E-state index in [0.717, 1.165) is 24.6 Å². The van der Waals surface area contributed by atoms with E-state index in [4.69, 9.17) is 4.98 Å². The van der Waals surface area contributed by atoms with Crippen LogP contribution < -0.4 is 4.90 Å². The number of benzene rings is 1. The summed E-state index contributed by atoms with van der Waals surface area (Å²) >= 11 is 0. The molecule has 8 heteroatoms. The molecule has 3 aromatic heterocycles. The molecule has 1 aliphatic heterocycles. The van der Waals surface area contributed by atoms with E-state index in [0.29, 0.717) is 23.6 Å². The summed E-state index contributed by atoms with van der Waals surface area (Å²) in [4.78, 5) is 6.74. The average molecular weight is 381 g/mol. The number of rotatable bonds is 3. The van der Waals surface area contributed by atoms with Gasteiger partial charge in [0.05, 0.1) is 18.4 Å². The predicted molar refractivity (Wildman–Crippen MR) is 99.7 cm³/mol. The van der Waals surface area contributed by atoms with Crippen LogP contribution in [0, 0.1) is 11.6 Å². The van der Waals surface area contributed by atoms with Crippen molar-refractivity contribution in [1.82, 2.24) is 19.2 Å². The maximum Gasteiger partial charge on any atom is 0.181 e. The maximum atomic E-state index is 14.3. The van der Waals surface area contributed by atoms with Gasteiger partial charge in [0.2, 0.25) is 0 Å². The van der Waals surface area contributed by atoms with Crippen LogP contribution in [0.2, 0.25) is 0 Å². The van der Waals surface area contributed by atoms with Gasteiger partial charge in [0.1, 0.15) is 28.9 Å². The largest absolute Gasteiger partial charge is 0.506 e. The first-order chi connectivity index (χ1) is 13.6. The summed E-state index contributed by atoms with van der Waals surface area (Å²) in [7, 11) is 0. The zero-order valence-corrected chi connectivity index (χ0v) is 14.8. The minimum absolute atomic E-state index is 0.150. The van der Waals surface area contributed by atoms with Crippen LogP contribution in [0.5, 0.6) is 5.75 Å². The molecule has 0 saturated carbocycles. The summed E-state index contributed by atoms with van der Waals surface area (Å²) in [5, 5.41) is 13.9. The van der Waals surface area contributed by atoms with E-state index in [1.807, 2.05) is 11.0 Å². The fourth-order valence-electron chi connectivity index (χ4n) is 3.86. The molecule has 142 valence electrons. The van der Waals surface area contributed by atoms with Crippen molar-refractivity contribution in [2.24, 2.45) is 0 Å². The molecule has 0 spiro atoms. The van der Waals surface area contributed by atoms with Gasteiger partial charge in [-0.05, 0) is 43.2 Å². The Morgan fingerprint density at radius 1 is 1.11 bits per heavy atom. The number of fused-ring (bicyclic) bond motifs is 1. The Kier molecular flexibility index (Phi) is 3.78. The van der Waals surface area contributed by atoms with Gasteiger partial charge in [-0.2, -0.15) is 5.10 Å². The number of nitrogens with zero attached hydrogens (tertiary/aromatic N) is 5. The van der Waals surface area contributed by atoms with Crippen LogP contribution in [0.25, 0.3) is 11.3 Å². The van der Waals surface area contributed by atoms with Crippen LogP contribution in [0.1, 0.15) is 24.4 Å². The molecule has 1 aromatic carbocycles. The number of hydrogen-bond donors (Lipinski definition) is 1. The van der Waals surface area contributed by atoms with Gasteiger partial charge >= 0.3 is 0 Å². The molecule has 1 N–H and O–H groups in total. The van der Waals surface area contributed by atoms with E-state index in [9.17, 15) is 13.9 Å². The number of halogens is 2. The quantitative estimate of drug-likeness (QED) is 0.586. The summed E-state index contributed by atoms with van der Waals surface area (Å²) in [5.41, 5.74) is 1.68. The Hall–Kier alpha value is -3.42. The topological polar surface area (TPSA) is 58.6 Å². The van der Waals surface area contributed by atoms with Crippen LogP contribution in [0.4, 0.5) is 14.6 Å². The molecule has 1 atom stereocenters. The Morgan fingerprint density at radius 2 is 2.00 bits per heavy atom. The first kappa shape index (κ1) is 16.7. The highest BCUT2D eigenvalue weighted by atomic mass is 19.1. The van der Waals surface area contributed by atoms with Gasteiger partial charge in [0, 0.05) is 24.5 Å². The van der Waals surface area contributed by atoms with Crippen LogP contribution in [-0.4, -0.2) is 30.8 Å². The van der Waals surface area contributed by atoms with Crippen LogP contribution in [0.15, 0.2) is 55.1 Å². The molecule has 4 aromatic rings. The predicted octanol–water partition coefficient (Wildman–Crippen LogP) is 3.85. The second-order valence-corrected chi connectivity index (χ2v) is 6.88. The Morgan fingerprint density at radius 3 is 2.82 bits per heavy atom. The lowest BCUT2D eigenvalue weighted by Crippen LogP contribution is -2.24. The molecule has 1 fully saturated rings. The molecule has 0 unspecified atom stereocenters. The van der Waals surface area contributed by atoms with Gasteiger partial charge in [0.25, 0.3) is 0 Å². The summed E-state index contributed by atoms with van der Waals surface area (Å²) < 4.78 is 31.4. The van der Waals surface area contributed by atoms with E-state index >= 15 is 0 Å². The molecular weight excluding hydrogens is 364 g/mol. The zero-order chi connectivity index (χ0) is 19.3. The molecule has 0 amide bonds. The van der Waals surface area contributed by atoms with Crippen LogP contribution in [0.3, 0.4) is 0 Å². The minimum atomic E-state index is -0.447. The molecule has 28 heavy (non-hydrogen) atoms. The average Bonchev–Trinajstić information content (AvgIpc) is 3.42. The lowest BCUT2D eigenvalue weighted by atomic mass is 10.0. The second-order valence-electron chi connectivity index (χ2n) is 6.88. The van der Waals surface area contributed by atoms with E-state index in [-0.39, 0.29) is 11.8 Å². The highest BCUT2D eigenvalue weighted by Gasteiger charge is 2.30. The standard InChI is InChI=1S/C20H17F2N5O/c21-13-3-4-16(22)15(10-13)17-2-1-7-26(17)19-6-9-27-20(24-19)18(11-23-27)25-8-5-14(28)12-25/h3-6,8-12,17,28H,1-2,7H2/t17-/m1/s1. The first-order valence-corrected chi connectivity index (χ1v) is 9.03. The fraction of sp³-hybridized carbons (Fsp3) is 0.200. The van der Waals surface area contributed by atoms with Gasteiger partial charge in [-0.15, -0.1) is 0 Å². The van der Waals surface area contributed by atoms with E-state index in [2.05, 4.69) is 5.10 Å². The van der Waals surface area contributed by atoms with Gasteiger partial charge < -0.3 is 14.6 Å². The van der Waals surface area contributed by atoms with Crippen LogP contribution in [-0.2, 0) is 0 Å². The molecule has 1 saturated heterocycles. The van der Waals surface area contributed by atoms with Crippen molar-refractivity contribution in [2.45, 2.75) is 18.9 Å². The third kappa shape index (κ3) is 2.69. The molecule has 0 aliphatic carbocycles. The first-order valence-electron chi connectivity index (χ1n) is 9.03. The van der Waals surface area contributed by atoms with Gasteiger partial charge in [0.15, 0.2) is 5.65 Å². The van der Waals surface area contributed by atoms with Crippen molar-refractivity contribution in [2.75, 3.05) is 11.4 Å². The number of aromatic nitrogens is 4. The smallest absolute Gasteiger partial charge is 0.181 e. The molecule has 5 rings (SSSR count). The lowest BCUT2D eigenvalue weighted by molar-refractivity contribution is 0.475. The number of aromatic hydroxyl groups is 1. The molecule has 0 bridgehead atoms. The summed E-state index contributed by atoms with van der Waals surface area (Å²) in [5.74, 6) is -0.0298. The van der Waals surface area contributed by atoms with Gasteiger partial charge in [-0.3, -0.25) is 0 Å². The zero-order valence-electron chi connectivity index (χ0n) is 14.8. The van der Waals surface area contributed by atoms with E-state index in [1.165, 1.54) is 12.1 Å². The molecule has 4 heterocycles. The second kappa shape index (κ2) is 6.33. The van der Waals surface area contributed by atoms with Crippen molar-refractivity contribution < 1.29 is 13.9 Å². The summed E-state index contributed by atoms with van der Waals surface area (Å²) in [6, 6.07) is 6.71. The van der Waals surface area contributed by atoms with Crippen molar-refractivity contribution >= 4 is 11.5 Å². The van der Waals surface area contributed by atoms with E-state index in [1.54, 1.807) is 39.9 Å². The summed E-state index contributed by atoms with van der Waals surface area (Å²) in [6.45, 7) is 0.706. The van der Waals surface area contributed by atoms with Crippen molar-refractivity contribution in [3.8, 4) is 11.4 Å².